The summed E-state index contributed by atoms with van der Waals surface area (Å²) in [6.45, 7) is 2.18. The second-order valence-corrected chi connectivity index (χ2v) is 8.54. The van der Waals surface area contributed by atoms with Crippen LogP contribution in [0.3, 0.4) is 0 Å². The summed E-state index contributed by atoms with van der Waals surface area (Å²) in [7, 11) is 0. The third-order valence-electron chi connectivity index (χ3n) is 5.44. The minimum Gasteiger partial charge on any atom is -0.310 e. The van der Waals surface area contributed by atoms with Gasteiger partial charge in [-0.05, 0) is 93.7 Å². The summed E-state index contributed by atoms with van der Waals surface area (Å²) >= 11 is 2.36. The van der Waals surface area contributed by atoms with E-state index < -0.39 is 0 Å². The predicted octanol–water partition coefficient (Wildman–Crippen LogP) is 8.38. The number of halogens is 1. The highest BCUT2D eigenvalue weighted by Gasteiger charge is 2.16. The fourth-order valence-corrected chi connectivity index (χ4v) is 4.32. The van der Waals surface area contributed by atoms with E-state index in [1.807, 2.05) is 0 Å². The molecule has 0 heterocycles. The van der Waals surface area contributed by atoms with Crippen molar-refractivity contribution in [2.45, 2.75) is 6.92 Å². The van der Waals surface area contributed by atoms with E-state index in [4.69, 9.17) is 0 Å². The van der Waals surface area contributed by atoms with Crippen molar-refractivity contribution in [2.24, 2.45) is 0 Å². The van der Waals surface area contributed by atoms with Gasteiger partial charge in [-0.1, -0.05) is 60.7 Å². The van der Waals surface area contributed by atoms with Gasteiger partial charge in [0.15, 0.2) is 0 Å². The topological polar surface area (TPSA) is 3.24 Å². The highest BCUT2D eigenvalue weighted by Crippen LogP contribution is 2.40. The van der Waals surface area contributed by atoms with E-state index in [9.17, 15) is 0 Å². The van der Waals surface area contributed by atoms with Crippen LogP contribution in [0.15, 0.2) is 103 Å². The molecule has 5 rings (SSSR count). The van der Waals surface area contributed by atoms with Crippen LogP contribution >= 0.6 is 22.6 Å². The molecule has 0 spiro atoms. The Morgan fingerprint density at radius 3 is 2.03 bits per heavy atom. The molecular formula is C27H20IN. The zero-order valence-corrected chi connectivity index (χ0v) is 18.3. The summed E-state index contributed by atoms with van der Waals surface area (Å²) in [5.41, 5.74) is 4.82. The van der Waals surface area contributed by atoms with Gasteiger partial charge in [-0.15, -0.1) is 0 Å². The Morgan fingerprint density at radius 1 is 0.586 bits per heavy atom. The third-order valence-corrected chi connectivity index (χ3v) is 6.16. The predicted molar refractivity (Wildman–Crippen MR) is 134 cm³/mol. The van der Waals surface area contributed by atoms with Crippen LogP contribution in [0.5, 0.6) is 0 Å². The molecule has 0 amide bonds. The molecule has 0 atom stereocenters. The number of hydrogen-bond acceptors (Lipinski definition) is 1. The van der Waals surface area contributed by atoms with Crippen LogP contribution in [0, 0.1) is 10.5 Å². The molecule has 0 N–H and O–H groups in total. The largest absolute Gasteiger partial charge is 0.310 e. The fraction of sp³-hybridized carbons (Fsp3) is 0.0370. The van der Waals surface area contributed by atoms with Crippen LogP contribution in [0.2, 0.25) is 0 Å². The Labute approximate surface area is 184 Å². The molecule has 0 fully saturated rings. The molecule has 0 aromatic heterocycles. The molecule has 0 saturated carbocycles. The molecule has 1 nitrogen and oxygen atoms in total. The Hall–Kier alpha value is -2.85. The van der Waals surface area contributed by atoms with Gasteiger partial charge in [-0.3, -0.25) is 0 Å². The van der Waals surface area contributed by atoms with Crippen molar-refractivity contribution in [1.29, 1.82) is 0 Å². The van der Waals surface area contributed by atoms with Crippen LogP contribution in [-0.4, -0.2) is 0 Å². The molecule has 0 aliphatic heterocycles. The zero-order valence-electron chi connectivity index (χ0n) is 16.1. The van der Waals surface area contributed by atoms with Crippen LogP contribution in [0.1, 0.15) is 5.56 Å². The minimum absolute atomic E-state index is 1.16. The number of fused-ring (bicyclic) bond motifs is 2. The van der Waals surface area contributed by atoms with Crippen LogP contribution in [-0.2, 0) is 0 Å². The van der Waals surface area contributed by atoms with Gasteiger partial charge in [0.2, 0.25) is 0 Å². The first-order chi connectivity index (χ1) is 14.2. The van der Waals surface area contributed by atoms with Gasteiger partial charge in [0, 0.05) is 20.3 Å². The number of nitrogens with zero attached hydrogens (tertiary/aromatic N) is 1. The molecular weight excluding hydrogens is 465 g/mol. The second kappa shape index (κ2) is 7.53. The van der Waals surface area contributed by atoms with Crippen molar-refractivity contribution in [3.05, 3.63) is 112 Å². The molecule has 0 unspecified atom stereocenters. The van der Waals surface area contributed by atoms with E-state index in [2.05, 4.69) is 138 Å². The number of benzene rings is 5. The van der Waals surface area contributed by atoms with Gasteiger partial charge in [0.25, 0.3) is 0 Å². The maximum atomic E-state index is 2.37. The molecule has 2 heteroatoms. The van der Waals surface area contributed by atoms with Crippen LogP contribution in [0.25, 0.3) is 21.5 Å². The van der Waals surface area contributed by atoms with Crippen LogP contribution in [0.4, 0.5) is 17.1 Å². The first kappa shape index (κ1) is 18.2. The molecule has 0 radical (unpaired) electrons. The van der Waals surface area contributed by atoms with Crippen molar-refractivity contribution < 1.29 is 0 Å². The fourth-order valence-electron chi connectivity index (χ4n) is 3.96. The quantitative estimate of drug-likeness (QED) is 0.232. The van der Waals surface area contributed by atoms with E-state index in [-0.39, 0.29) is 0 Å². The highest BCUT2D eigenvalue weighted by molar-refractivity contribution is 14.1. The van der Waals surface area contributed by atoms with E-state index >= 15 is 0 Å². The third kappa shape index (κ3) is 3.38. The van der Waals surface area contributed by atoms with Gasteiger partial charge in [-0.25, -0.2) is 0 Å². The lowest BCUT2D eigenvalue weighted by atomic mass is 10.0. The molecule has 5 aromatic carbocycles. The zero-order chi connectivity index (χ0) is 19.8. The summed E-state index contributed by atoms with van der Waals surface area (Å²) in [6, 6.07) is 37.1. The molecule has 29 heavy (non-hydrogen) atoms. The second-order valence-electron chi connectivity index (χ2n) is 7.29. The Kier molecular flexibility index (Phi) is 4.72. The SMILES string of the molecule is Cc1ccc(N(c2ccc(I)cc2)c2ccc3ccccc3c2)c2ccccc12. The number of aryl methyl sites for hydroxylation is 1. The first-order valence-electron chi connectivity index (χ1n) is 9.73. The monoisotopic (exact) mass is 485 g/mol. The van der Waals surface area contributed by atoms with Crippen molar-refractivity contribution in [3.8, 4) is 0 Å². The normalized spacial score (nSPS) is 11.1. The lowest BCUT2D eigenvalue weighted by Gasteiger charge is -2.27. The van der Waals surface area contributed by atoms with Gasteiger partial charge in [0.1, 0.15) is 0 Å². The minimum atomic E-state index is 1.16. The Morgan fingerprint density at radius 2 is 1.24 bits per heavy atom. The van der Waals surface area contributed by atoms with E-state index in [0.717, 1.165) is 5.69 Å². The lowest BCUT2D eigenvalue weighted by molar-refractivity contribution is 1.30. The molecule has 0 aliphatic carbocycles. The number of anilines is 3. The number of hydrogen-bond donors (Lipinski definition) is 0. The summed E-state index contributed by atoms with van der Waals surface area (Å²) in [5, 5.41) is 5.06. The summed E-state index contributed by atoms with van der Waals surface area (Å²) in [4.78, 5) is 2.37. The summed E-state index contributed by atoms with van der Waals surface area (Å²) < 4.78 is 1.23. The molecule has 0 saturated heterocycles. The van der Waals surface area contributed by atoms with Crippen molar-refractivity contribution >= 4 is 61.2 Å². The van der Waals surface area contributed by atoms with E-state index in [0.29, 0.717) is 0 Å². The van der Waals surface area contributed by atoms with Gasteiger partial charge in [0.05, 0.1) is 5.69 Å². The van der Waals surface area contributed by atoms with Gasteiger partial charge >= 0.3 is 0 Å². The molecule has 0 aliphatic rings. The Balaban J connectivity index is 1.79. The Bertz CT molecular complexity index is 1320. The maximum absolute atomic E-state index is 2.37. The molecule has 0 bridgehead atoms. The molecule has 140 valence electrons. The summed E-state index contributed by atoms with van der Waals surface area (Å²) in [5.74, 6) is 0. The van der Waals surface area contributed by atoms with Crippen LogP contribution < -0.4 is 4.90 Å². The maximum Gasteiger partial charge on any atom is 0.0540 e. The number of rotatable bonds is 3. The van der Waals surface area contributed by atoms with Gasteiger partial charge in [-0.2, -0.15) is 0 Å². The first-order valence-corrected chi connectivity index (χ1v) is 10.8. The van der Waals surface area contributed by atoms with Gasteiger partial charge < -0.3 is 4.90 Å². The average molecular weight is 485 g/mol. The van der Waals surface area contributed by atoms with E-state index in [1.165, 1.54) is 42.1 Å². The van der Waals surface area contributed by atoms with Crippen molar-refractivity contribution in [1.82, 2.24) is 0 Å². The average Bonchev–Trinajstić information content (AvgIpc) is 2.77. The summed E-state index contributed by atoms with van der Waals surface area (Å²) in [6.07, 6.45) is 0. The van der Waals surface area contributed by atoms with E-state index in [1.54, 1.807) is 0 Å². The van der Waals surface area contributed by atoms with Crippen molar-refractivity contribution in [2.75, 3.05) is 4.90 Å². The highest BCUT2D eigenvalue weighted by atomic mass is 127. The van der Waals surface area contributed by atoms with Crippen molar-refractivity contribution in [3.63, 3.8) is 0 Å². The smallest absolute Gasteiger partial charge is 0.0540 e. The lowest BCUT2D eigenvalue weighted by Crippen LogP contribution is -2.10. The standard InChI is InChI=1S/C27H20IN/c1-19-10-17-27(26-9-5-4-8-25(19)26)29(23-15-12-22(28)13-16-23)24-14-11-20-6-2-3-7-21(20)18-24/h2-18H,1H3. The molecule has 5 aromatic rings.